The van der Waals surface area contributed by atoms with Gasteiger partial charge in [0.25, 0.3) is 5.91 Å². The second-order valence-electron chi connectivity index (χ2n) is 8.31. The van der Waals surface area contributed by atoms with Crippen LogP contribution in [0.15, 0.2) is 54.6 Å². The van der Waals surface area contributed by atoms with Crippen molar-refractivity contribution in [3.63, 3.8) is 0 Å². The summed E-state index contributed by atoms with van der Waals surface area (Å²) in [5, 5.41) is 3.10. The number of amides is 1. The van der Waals surface area contributed by atoms with E-state index in [4.69, 9.17) is 0 Å². The lowest BCUT2D eigenvalue weighted by Gasteiger charge is -2.40. The minimum Gasteiger partial charge on any atom is -0.351 e. The zero-order valence-electron chi connectivity index (χ0n) is 15.9. The third-order valence-corrected chi connectivity index (χ3v) is 6.73. The molecule has 144 valence electrons. The molecule has 4 heteroatoms. The monoisotopic (exact) mass is 376 g/mol. The normalized spacial score (nSPS) is 25.6. The molecule has 0 aromatic heterocycles. The molecule has 0 spiro atoms. The number of fused-ring (bicyclic) bond motifs is 2. The van der Waals surface area contributed by atoms with Gasteiger partial charge in [-0.05, 0) is 59.4 Å². The molecule has 0 bridgehead atoms. The molecule has 3 atom stereocenters. The summed E-state index contributed by atoms with van der Waals surface area (Å²) >= 11 is 0. The summed E-state index contributed by atoms with van der Waals surface area (Å²) in [6, 6.07) is 15.1. The number of nitrogens with one attached hydrogen (secondary N) is 1. The molecule has 3 nitrogen and oxygen atoms in total. The lowest BCUT2D eigenvalue weighted by atomic mass is 9.64. The van der Waals surface area contributed by atoms with Gasteiger partial charge in [0, 0.05) is 31.8 Å². The van der Waals surface area contributed by atoms with Crippen LogP contribution in [0.5, 0.6) is 0 Å². The Kier molecular flexibility index (Phi) is 4.52. The number of carbonyl (C=O) groups is 1. The maximum Gasteiger partial charge on any atom is 0.251 e. The van der Waals surface area contributed by atoms with Crippen LogP contribution in [0.25, 0.3) is 5.57 Å². The van der Waals surface area contributed by atoms with E-state index in [1.54, 1.807) is 12.1 Å². The van der Waals surface area contributed by atoms with Gasteiger partial charge in [0.1, 0.15) is 5.82 Å². The highest BCUT2D eigenvalue weighted by Gasteiger charge is 2.47. The van der Waals surface area contributed by atoms with E-state index in [1.807, 2.05) is 36.4 Å². The van der Waals surface area contributed by atoms with Crippen molar-refractivity contribution >= 4 is 11.5 Å². The van der Waals surface area contributed by atoms with Crippen molar-refractivity contribution in [3.8, 4) is 0 Å². The highest BCUT2D eigenvalue weighted by molar-refractivity contribution is 6.20. The zero-order chi connectivity index (χ0) is 19.1. The quantitative estimate of drug-likeness (QED) is 0.865. The van der Waals surface area contributed by atoms with Crippen LogP contribution >= 0.6 is 0 Å². The Morgan fingerprint density at radius 1 is 1.11 bits per heavy atom. The van der Waals surface area contributed by atoms with Crippen molar-refractivity contribution in [2.45, 2.75) is 18.8 Å². The van der Waals surface area contributed by atoms with Gasteiger partial charge in [-0.3, -0.25) is 4.79 Å². The van der Waals surface area contributed by atoms with Crippen molar-refractivity contribution in [1.82, 2.24) is 10.2 Å². The Bertz CT molecular complexity index is 920. The Balaban J connectivity index is 1.11. The molecule has 0 radical (unpaired) electrons. The molecule has 28 heavy (non-hydrogen) atoms. The number of carbonyl (C=O) groups excluding carboxylic acids is 1. The molecular formula is C24H25FN2O. The van der Waals surface area contributed by atoms with E-state index in [9.17, 15) is 9.18 Å². The maximum absolute atomic E-state index is 13.2. The Hall–Kier alpha value is -2.46. The van der Waals surface area contributed by atoms with E-state index < -0.39 is 0 Å². The molecule has 1 saturated carbocycles. The van der Waals surface area contributed by atoms with Gasteiger partial charge in [0.05, 0.1) is 0 Å². The van der Waals surface area contributed by atoms with Crippen molar-refractivity contribution in [1.29, 1.82) is 0 Å². The highest BCUT2D eigenvalue weighted by Crippen LogP contribution is 2.51. The van der Waals surface area contributed by atoms with Crippen LogP contribution in [0.2, 0.25) is 0 Å². The van der Waals surface area contributed by atoms with Crippen LogP contribution in [0.4, 0.5) is 4.39 Å². The topological polar surface area (TPSA) is 32.3 Å². The lowest BCUT2D eigenvalue weighted by Crippen LogP contribution is -2.34. The molecule has 5 rings (SSSR count). The summed E-state index contributed by atoms with van der Waals surface area (Å²) in [5.74, 6) is 1.85. The Morgan fingerprint density at radius 2 is 1.93 bits per heavy atom. The summed E-state index contributed by atoms with van der Waals surface area (Å²) < 4.78 is 13.2. The number of rotatable bonds is 5. The number of likely N-dealkylation sites (tertiary alicyclic amines) is 1. The van der Waals surface area contributed by atoms with Crippen molar-refractivity contribution in [2.75, 3.05) is 26.2 Å². The Labute approximate surface area is 165 Å². The third kappa shape index (κ3) is 3.16. The third-order valence-electron chi connectivity index (χ3n) is 6.73. The van der Waals surface area contributed by atoms with E-state index >= 15 is 0 Å². The molecule has 3 aliphatic rings. The molecule has 3 unspecified atom stereocenters. The van der Waals surface area contributed by atoms with Gasteiger partial charge in [0.2, 0.25) is 0 Å². The second kappa shape index (κ2) is 7.17. The number of benzene rings is 2. The first kappa shape index (κ1) is 17.6. The SMILES string of the molecule is O=C(NCCN1CC2CC(c3ccc(F)cc3)C2C1)C1=CCc2ccccc21. The molecule has 2 fully saturated rings. The number of hydrogen-bond donors (Lipinski definition) is 1. The molecule has 1 heterocycles. The first-order valence-corrected chi connectivity index (χ1v) is 10.2. The van der Waals surface area contributed by atoms with Crippen molar-refractivity contribution in [2.24, 2.45) is 11.8 Å². The standard InChI is InChI=1S/C24H25FN2O/c25-19-8-5-17(6-9-19)22-13-18-14-27(15-23(18)22)12-11-26-24(28)21-10-7-16-3-1-2-4-20(16)21/h1-6,8-10,18,22-23H,7,11-15H2,(H,26,28). The zero-order valence-corrected chi connectivity index (χ0v) is 15.9. The number of halogens is 1. The van der Waals surface area contributed by atoms with Gasteiger partial charge in [-0.2, -0.15) is 0 Å². The molecular weight excluding hydrogens is 351 g/mol. The summed E-state index contributed by atoms with van der Waals surface area (Å²) in [6.07, 6.45) is 4.07. The van der Waals surface area contributed by atoms with E-state index in [1.165, 1.54) is 17.5 Å². The molecule has 1 saturated heterocycles. The summed E-state index contributed by atoms with van der Waals surface area (Å²) in [6.45, 7) is 3.76. The first-order chi connectivity index (χ1) is 13.7. The fourth-order valence-corrected chi connectivity index (χ4v) is 5.20. The average molecular weight is 376 g/mol. The minimum absolute atomic E-state index is 0.0382. The van der Waals surface area contributed by atoms with Gasteiger partial charge in [-0.1, -0.05) is 42.5 Å². The molecule has 1 aliphatic heterocycles. The van der Waals surface area contributed by atoms with Crippen molar-refractivity contribution < 1.29 is 9.18 Å². The predicted octanol–water partition coefficient (Wildman–Crippen LogP) is 3.62. The molecule has 1 N–H and O–H groups in total. The van der Waals surface area contributed by atoms with Crippen LogP contribution in [-0.4, -0.2) is 37.0 Å². The van der Waals surface area contributed by atoms with Crippen LogP contribution in [0, 0.1) is 17.7 Å². The molecule has 2 aromatic carbocycles. The van der Waals surface area contributed by atoms with Crippen LogP contribution in [0.3, 0.4) is 0 Å². The van der Waals surface area contributed by atoms with Gasteiger partial charge < -0.3 is 10.2 Å². The fraction of sp³-hybridized carbons (Fsp3) is 0.375. The average Bonchev–Trinajstić information content (AvgIpc) is 3.26. The van der Waals surface area contributed by atoms with Crippen LogP contribution < -0.4 is 5.32 Å². The number of allylic oxidation sites excluding steroid dienone is 1. The summed E-state index contributed by atoms with van der Waals surface area (Å²) in [4.78, 5) is 15.0. The van der Waals surface area contributed by atoms with E-state index in [0.29, 0.717) is 18.4 Å². The molecule has 1 amide bonds. The van der Waals surface area contributed by atoms with E-state index in [0.717, 1.165) is 43.1 Å². The summed E-state index contributed by atoms with van der Waals surface area (Å²) in [7, 11) is 0. The molecule has 2 aliphatic carbocycles. The largest absolute Gasteiger partial charge is 0.351 e. The van der Waals surface area contributed by atoms with Crippen molar-refractivity contribution in [3.05, 3.63) is 77.1 Å². The van der Waals surface area contributed by atoms with Crippen LogP contribution in [0.1, 0.15) is 29.0 Å². The predicted molar refractivity (Wildman–Crippen MR) is 108 cm³/mol. The highest BCUT2D eigenvalue weighted by atomic mass is 19.1. The van der Waals surface area contributed by atoms with E-state index in [-0.39, 0.29) is 11.7 Å². The molecule has 2 aromatic rings. The minimum atomic E-state index is -0.164. The number of nitrogens with zero attached hydrogens (tertiary/aromatic N) is 1. The fourth-order valence-electron chi connectivity index (χ4n) is 5.20. The van der Waals surface area contributed by atoms with Gasteiger partial charge >= 0.3 is 0 Å². The number of hydrogen-bond acceptors (Lipinski definition) is 2. The van der Waals surface area contributed by atoms with Gasteiger partial charge in [-0.15, -0.1) is 0 Å². The summed E-state index contributed by atoms with van der Waals surface area (Å²) in [5.41, 5.74) is 4.38. The van der Waals surface area contributed by atoms with Gasteiger partial charge in [-0.25, -0.2) is 4.39 Å². The first-order valence-electron chi connectivity index (χ1n) is 10.2. The lowest BCUT2D eigenvalue weighted by molar-refractivity contribution is -0.115. The van der Waals surface area contributed by atoms with E-state index in [2.05, 4.69) is 16.3 Å². The second-order valence-corrected chi connectivity index (χ2v) is 8.31. The van der Waals surface area contributed by atoms with Crippen LogP contribution in [-0.2, 0) is 11.2 Å². The maximum atomic E-state index is 13.2. The van der Waals surface area contributed by atoms with Gasteiger partial charge in [0.15, 0.2) is 0 Å². The Morgan fingerprint density at radius 3 is 2.79 bits per heavy atom. The smallest absolute Gasteiger partial charge is 0.251 e.